The van der Waals surface area contributed by atoms with Crippen LogP contribution in [0.3, 0.4) is 0 Å². The fraction of sp³-hybridized carbons (Fsp3) is 0.308. The molecule has 1 rings (SSSR count). The molecule has 0 aliphatic rings. The number of alkyl halides is 5. The number of esters is 1. The number of nitrogens with zero attached hydrogens (tertiary/aromatic N) is 1. The van der Waals surface area contributed by atoms with Crippen LogP contribution in [0, 0.1) is 10.1 Å². The Labute approximate surface area is 145 Å². The van der Waals surface area contributed by atoms with E-state index >= 15 is 0 Å². The molecular weight excluding hydrogens is 423 g/mol. The van der Waals surface area contributed by atoms with E-state index in [4.69, 9.17) is 0 Å². The van der Waals surface area contributed by atoms with E-state index in [2.05, 4.69) is 20.7 Å². The quantitative estimate of drug-likeness (QED) is 0.236. The van der Waals surface area contributed by atoms with Gasteiger partial charge >= 0.3 is 18.1 Å². The van der Waals surface area contributed by atoms with Gasteiger partial charge in [0.15, 0.2) is 0 Å². The highest BCUT2D eigenvalue weighted by molar-refractivity contribution is 9.10. The van der Waals surface area contributed by atoms with E-state index in [0.717, 1.165) is 18.2 Å². The van der Waals surface area contributed by atoms with Gasteiger partial charge in [0.05, 0.1) is 17.2 Å². The molecule has 0 fully saturated rings. The lowest BCUT2D eigenvalue weighted by Gasteiger charge is -2.24. The van der Waals surface area contributed by atoms with Crippen LogP contribution in [0.2, 0.25) is 0 Å². The average molecular weight is 433 g/mol. The van der Waals surface area contributed by atoms with Crippen molar-refractivity contribution >= 4 is 33.3 Å². The predicted molar refractivity (Wildman–Crippen MR) is 80.1 cm³/mol. The number of ether oxygens (including phenoxy) is 1. The topological polar surface area (TPSA) is 81.5 Å². The third kappa shape index (κ3) is 5.11. The molecule has 0 atom stereocenters. The number of anilines is 1. The number of nitrogens with one attached hydrogen (secondary N) is 1. The van der Waals surface area contributed by atoms with Gasteiger partial charge < -0.3 is 10.1 Å². The van der Waals surface area contributed by atoms with E-state index in [0.29, 0.717) is 0 Å². The highest BCUT2D eigenvalue weighted by Gasteiger charge is 2.60. The lowest BCUT2D eigenvalue weighted by Crippen LogP contribution is -2.41. The van der Waals surface area contributed by atoms with Gasteiger partial charge in [-0.15, -0.1) is 0 Å². The second-order valence-corrected chi connectivity index (χ2v) is 5.28. The van der Waals surface area contributed by atoms with Crippen molar-refractivity contribution in [2.45, 2.75) is 19.0 Å². The van der Waals surface area contributed by atoms with Crippen LogP contribution in [0.1, 0.15) is 6.92 Å². The summed E-state index contributed by atoms with van der Waals surface area (Å²) in [6, 6.07) is 2.70. The first-order chi connectivity index (χ1) is 11.4. The Morgan fingerprint density at radius 1 is 1.36 bits per heavy atom. The lowest BCUT2D eigenvalue weighted by atomic mass is 10.2. The van der Waals surface area contributed by atoms with Crippen LogP contribution >= 0.6 is 15.9 Å². The number of rotatable bonds is 6. The van der Waals surface area contributed by atoms with Crippen LogP contribution in [0.15, 0.2) is 34.4 Å². The highest BCUT2D eigenvalue weighted by Crippen LogP contribution is 2.42. The number of allylic oxidation sites excluding steroid dienone is 1. The van der Waals surface area contributed by atoms with Crippen molar-refractivity contribution in [3.8, 4) is 0 Å². The van der Waals surface area contributed by atoms with Crippen LogP contribution in [0.5, 0.6) is 0 Å². The third-order valence-electron chi connectivity index (χ3n) is 2.68. The molecule has 0 saturated carbocycles. The minimum Gasteiger partial charge on any atom is -0.463 e. The summed E-state index contributed by atoms with van der Waals surface area (Å²) < 4.78 is 69.3. The number of hydrogen-bond donors (Lipinski definition) is 1. The molecular formula is C13H10BrF5N2O4. The summed E-state index contributed by atoms with van der Waals surface area (Å²) in [6.45, 7) is 1.11. The van der Waals surface area contributed by atoms with E-state index in [1.54, 1.807) is 5.32 Å². The molecule has 12 heteroatoms. The largest absolute Gasteiger partial charge is 0.463 e. The first-order valence-corrected chi connectivity index (χ1v) is 7.24. The second-order valence-electron chi connectivity index (χ2n) is 4.43. The fourth-order valence-electron chi connectivity index (χ4n) is 1.52. The number of benzene rings is 1. The van der Waals surface area contributed by atoms with E-state index < -0.39 is 34.4 Å². The number of halogens is 6. The summed E-state index contributed by atoms with van der Waals surface area (Å²) in [5.74, 6) is -6.80. The number of nitro groups is 1. The molecule has 1 aromatic rings. The van der Waals surface area contributed by atoms with Gasteiger partial charge in [0.25, 0.3) is 5.69 Å². The molecule has 0 saturated heterocycles. The maximum Gasteiger partial charge on any atom is 0.459 e. The number of nitro benzene ring substituents is 1. The van der Waals surface area contributed by atoms with E-state index in [1.807, 2.05) is 0 Å². The zero-order valence-electron chi connectivity index (χ0n) is 12.4. The third-order valence-corrected chi connectivity index (χ3v) is 3.33. The van der Waals surface area contributed by atoms with Crippen molar-refractivity contribution in [1.29, 1.82) is 0 Å². The minimum absolute atomic E-state index is 0.0230. The molecule has 0 aromatic heterocycles. The number of non-ortho nitro benzene ring substituents is 1. The fourth-order valence-corrected chi connectivity index (χ4v) is 1.99. The molecule has 0 spiro atoms. The zero-order valence-corrected chi connectivity index (χ0v) is 14.0. The molecule has 1 aromatic carbocycles. The number of carbonyl (C=O) groups is 1. The van der Waals surface area contributed by atoms with Crippen molar-refractivity contribution in [2.75, 3.05) is 11.9 Å². The summed E-state index contributed by atoms with van der Waals surface area (Å²) >= 11 is 2.82. The van der Waals surface area contributed by atoms with Gasteiger partial charge in [-0.1, -0.05) is 0 Å². The van der Waals surface area contributed by atoms with Gasteiger partial charge in [0, 0.05) is 22.7 Å². The summed E-state index contributed by atoms with van der Waals surface area (Å²) in [5.41, 5.74) is -2.55. The van der Waals surface area contributed by atoms with Gasteiger partial charge in [-0.3, -0.25) is 10.1 Å². The smallest absolute Gasteiger partial charge is 0.459 e. The highest BCUT2D eigenvalue weighted by atomic mass is 79.9. The molecule has 0 aliphatic heterocycles. The van der Waals surface area contributed by atoms with Crippen LogP contribution in [-0.4, -0.2) is 29.6 Å². The van der Waals surface area contributed by atoms with Crippen molar-refractivity contribution in [3.63, 3.8) is 0 Å². The summed E-state index contributed by atoms with van der Waals surface area (Å²) in [6.07, 6.45) is -6.00. The van der Waals surface area contributed by atoms with Crippen molar-refractivity contribution in [1.82, 2.24) is 0 Å². The molecule has 6 nitrogen and oxygen atoms in total. The summed E-state index contributed by atoms with van der Waals surface area (Å²) in [5, 5.41) is 12.4. The predicted octanol–water partition coefficient (Wildman–Crippen LogP) is 4.41. The Bertz CT molecular complexity index is 706. The molecule has 0 heterocycles. The zero-order chi connectivity index (χ0) is 19.4. The van der Waals surface area contributed by atoms with Gasteiger partial charge in [-0.25, -0.2) is 4.79 Å². The summed E-state index contributed by atoms with van der Waals surface area (Å²) in [7, 11) is 0. The number of hydrogen-bond acceptors (Lipinski definition) is 5. The Morgan fingerprint density at radius 3 is 2.40 bits per heavy atom. The summed E-state index contributed by atoms with van der Waals surface area (Å²) in [4.78, 5) is 21.1. The van der Waals surface area contributed by atoms with E-state index in [9.17, 15) is 36.9 Å². The van der Waals surface area contributed by atoms with Gasteiger partial charge in [-0.2, -0.15) is 22.0 Å². The molecule has 0 aliphatic carbocycles. The minimum atomic E-state index is -5.98. The standard InChI is InChI=1S/C13H10BrF5N2O4/c1-2-25-11(22)6-10(12(15,16)13(17,18)19)20-9-4-3-7(21(23)24)5-8(9)14/h3-6,20H,2H2,1H3/b10-6+. The van der Waals surface area contributed by atoms with E-state index in [-0.39, 0.29) is 22.8 Å². The molecule has 1 N–H and O–H groups in total. The maximum atomic E-state index is 13.6. The molecule has 0 radical (unpaired) electrons. The van der Waals surface area contributed by atoms with E-state index in [1.165, 1.54) is 6.92 Å². The van der Waals surface area contributed by atoms with Gasteiger partial charge in [0.1, 0.15) is 5.70 Å². The maximum absolute atomic E-state index is 13.6. The Morgan fingerprint density at radius 2 is 1.96 bits per heavy atom. The molecule has 25 heavy (non-hydrogen) atoms. The number of carbonyl (C=O) groups excluding carboxylic acids is 1. The molecule has 0 unspecified atom stereocenters. The van der Waals surface area contributed by atoms with Crippen LogP contribution in [0.25, 0.3) is 0 Å². The Balaban J connectivity index is 3.31. The second kappa shape index (κ2) is 7.76. The molecule has 0 amide bonds. The average Bonchev–Trinajstić information content (AvgIpc) is 2.47. The van der Waals surface area contributed by atoms with Gasteiger partial charge in [0.2, 0.25) is 0 Å². The van der Waals surface area contributed by atoms with Crippen LogP contribution in [-0.2, 0) is 9.53 Å². The monoisotopic (exact) mass is 432 g/mol. The Hall–Kier alpha value is -2.24. The lowest BCUT2D eigenvalue weighted by molar-refractivity contribution is -0.384. The molecule has 0 bridgehead atoms. The van der Waals surface area contributed by atoms with Crippen LogP contribution in [0.4, 0.5) is 33.3 Å². The first-order valence-electron chi connectivity index (χ1n) is 6.44. The van der Waals surface area contributed by atoms with Gasteiger partial charge in [-0.05, 0) is 28.9 Å². The van der Waals surface area contributed by atoms with Crippen molar-refractivity contribution in [3.05, 3.63) is 44.6 Å². The first kappa shape index (κ1) is 20.8. The Kier molecular flexibility index (Phi) is 6.46. The SMILES string of the molecule is CCOC(=O)/C=C(/Nc1ccc([N+](=O)[O-])cc1Br)C(F)(F)C(F)(F)F. The normalized spacial score (nSPS) is 12.7. The van der Waals surface area contributed by atoms with Crippen molar-refractivity contribution < 1.29 is 36.4 Å². The van der Waals surface area contributed by atoms with Crippen LogP contribution < -0.4 is 5.32 Å². The van der Waals surface area contributed by atoms with Crippen molar-refractivity contribution in [2.24, 2.45) is 0 Å². The molecule has 138 valence electrons.